The second-order valence-corrected chi connectivity index (χ2v) is 16.0. The monoisotopic (exact) mass is 879 g/mol. The lowest BCUT2D eigenvalue weighted by molar-refractivity contribution is 0.0863. The van der Waals surface area contributed by atoms with Crippen LogP contribution in [0.15, 0.2) is 57.5 Å². The van der Waals surface area contributed by atoms with E-state index in [0.29, 0.717) is 63.3 Å². The zero-order valence-electron chi connectivity index (χ0n) is 30.1. The van der Waals surface area contributed by atoms with Crippen molar-refractivity contribution >= 4 is 72.0 Å². The molecule has 4 heterocycles. The van der Waals surface area contributed by atoms with Gasteiger partial charge in [0.2, 0.25) is 0 Å². The number of aldehydes is 1. The van der Waals surface area contributed by atoms with Crippen LogP contribution < -0.4 is 24.6 Å². The maximum atomic E-state index is 11.1. The second-order valence-electron chi connectivity index (χ2n) is 13.9. The van der Waals surface area contributed by atoms with Gasteiger partial charge in [-0.1, -0.05) is 35.9 Å². The van der Waals surface area contributed by atoms with E-state index >= 15 is 0 Å². The molecule has 0 radical (unpaired) electrons. The van der Waals surface area contributed by atoms with E-state index in [2.05, 4.69) is 82.2 Å². The molecule has 2 fully saturated rings. The number of nitrogens with zero attached hydrogens (tertiary/aromatic N) is 6. The van der Waals surface area contributed by atoms with Gasteiger partial charge in [-0.25, -0.2) is 0 Å². The lowest BCUT2D eigenvalue weighted by Gasteiger charge is -2.37. The van der Waals surface area contributed by atoms with Crippen LogP contribution in [0, 0.1) is 11.3 Å². The summed E-state index contributed by atoms with van der Waals surface area (Å²) in [5, 5.41) is 15.8. The summed E-state index contributed by atoms with van der Waals surface area (Å²) in [7, 11) is 0. The quantitative estimate of drug-likeness (QED) is 0.0966. The molecule has 284 valence electrons. The van der Waals surface area contributed by atoms with Crippen LogP contribution in [-0.2, 0) is 17.7 Å². The van der Waals surface area contributed by atoms with Gasteiger partial charge >= 0.3 is 6.01 Å². The maximum absolute atomic E-state index is 11.1. The van der Waals surface area contributed by atoms with Crippen molar-refractivity contribution in [3.8, 4) is 17.8 Å². The number of hydrogen-bond donors (Lipinski definition) is 1. The molecular weight excluding hydrogens is 838 g/mol. The van der Waals surface area contributed by atoms with Crippen LogP contribution in [0.3, 0.4) is 0 Å². The van der Waals surface area contributed by atoms with Gasteiger partial charge in [0.05, 0.1) is 45.3 Å². The zero-order chi connectivity index (χ0) is 37.4. The van der Waals surface area contributed by atoms with Crippen molar-refractivity contribution < 1.29 is 19.0 Å². The number of fused-ring (bicyclic) bond motifs is 2. The number of ether oxygens (including phenoxy) is 3. The van der Waals surface area contributed by atoms with Crippen LogP contribution in [0.25, 0.3) is 10.8 Å². The lowest BCUT2D eigenvalue weighted by Crippen LogP contribution is -2.51. The van der Waals surface area contributed by atoms with E-state index in [1.807, 2.05) is 12.1 Å². The first kappa shape index (κ1) is 38.8. The Labute approximate surface area is 338 Å². The number of anilines is 2. The number of nitriles is 1. The molecule has 3 aliphatic heterocycles. The fourth-order valence-electron chi connectivity index (χ4n) is 7.73. The van der Waals surface area contributed by atoms with Crippen molar-refractivity contribution in [1.82, 2.24) is 20.2 Å². The molecule has 11 nitrogen and oxygen atoms in total. The predicted octanol–water partition coefficient (Wildman–Crippen LogP) is 7.20. The molecule has 2 atom stereocenters. The second kappa shape index (κ2) is 18.4. The van der Waals surface area contributed by atoms with Gasteiger partial charge in [0.1, 0.15) is 31.1 Å². The summed E-state index contributed by atoms with van der Waals surface area (Å²) >= 11 is 13.7. The molecule has 0 saturated carbocycles. The van der Waals surface area contributed by atoms with Crippen LogP contribution in [0.5, 0.6) is 11.8 Å². The Balaban J connectivity index is 0.982. The number of carbonyl (C=O) groups is 1. The zero-order valence-corrected chi connectivity index (χ0v) is 34.0. The fourth-order valence-corrected chi connectivity index (χ4v) is 9.46. The number of rotatable bonds is 15. The summed E-state index contributed by atoms with van der Waals surface area (Å²) in [6.45, 7) is 7.72. The van der Waals surface area contributed by atoms with E-state index in [0.717, 1.165) is 112 Å². The van der Waals surface area contributed by atoms with E-state index < -0.39 is 0 Å². The Morgan fingerprint density at radius 3 is 2.67 bits per heavy atom. The van der Waals surface area contributed by atoms with E-state index in [1.54, 1.807) is 12.1 Å². The Kier molecular flexibility index (Phi) is 13.2. The van der Waals surface area contributed by atoms with Crippen molar-refractivity contribution in [1.29, 1.82) is 5.26 Å². The average molecular weight is 882 g/mol. The van der Waals surface area contributed by atoms with E-state index in [4.69, 9.17) is 35.8 Å². The lowest BCUT2D eigenvalue weighted by atomic mass is 10.0. The van der Waals surface area contributed by atoms with Crippen molar-refractivity contribution in [2.75, 3.05) is 75.5 Å². The van der Waals surface area contributed by atoms with Crippen molar-refractivity contribution in [2.24, 2.45) is 0 Å². The number of likely N-dealkylation sites (tertiary alicyclic amines) is 1. The first-order chi connectivity index (χ1) is 26.4. The fraction of sp³-hybridized carbons (Fsp3) is 0.450. The summed E-state index contributed by atoms with van der Waals surface area (Å²) in [6, 6.07) is 18.9. The highest BCUT2D eigenvalue weighted by Crippen LogP contribution is 2.38. The summed E-state index contributed by atoms with van der Waals surface area (Å²) in [6.07, 6.45) is 5.13. The predicted molar refractivity (Wildman–Crippen MR) is 218 cm³/mol. The van der Waals surface area contributed by atoms with E-state index in [-0.39, 0.29) is 12.1 Å². The highest BCUT2D eigenvalue weighted by Gasteiger charge is 2.30. The van der Waals surface area contributed by atoms with Gasteiger partial charge in [-0.2, -0.15) is 15.2 Å². The summed E-state index contributed by atoms with van der Waals surface area (Å²) in [4.78, 5) is 28.4. The van der Waals surface area contributed by atoms with Gasteiger partial charge in [-0.05, 0) is 93.7 Å². The van der Waals surface area contributed by atoms with Gasteiger partial charge < -0.3 is 29.3 Å². The van der Waals surface area contributed by atoms with Gasteiger partial charge in [0.25, 0.3) is 0 Å². The molecule has 0 spiro atoms. The van der Waals surface area contributed by atoms with Crippen LogP contribution in [0.1, 0.15) is 47.3 Å². The Bertz CT molecular complexity index is 1970. The number of halogens is 3. The third kappa shape index (κ3) is 9.12. The smallest absolute Gasteiger partial charge is 0.318 e. The molecule has 7 rings (SSSR count). The molecule has 0 unspecified atom stereocenters. The van der Waals surface area contributed by atoms with Gasteiger partial charge in [-0.15, -0.1) is 0 Å². The SMILES string of the molecule is N#CC[C@H]1CN(c2nc(OC[C@@H]3CCCN3CCCOCCOc3c(Br)cc(C=O)cc3Br)nc3c2CCN(c2cccc4cccc(Cl)c24)C3)CCN1. The molecule has 0 bridgehead atoms. The minimum atomic E-state index is 0.0890. The van der Waals surface area contributed by atoms with Gasteiger partial charge in [0, 0.05) is 73.6 Å². The first-order valence-corrected chi connectivity index (χ1v) is 20.6. The first-order valence-electron chi connectivity index (χ1n) is 18.6. The van der Waals surface area contributed by atoms with Crippen LogP contribution in [0.4, 0.5) is 11.5 Å². The van der Waals surface area contributed by atoms with Gasteiger partial charge in [-0.3, -0.25) is 9.69 Å². The number of hydrogen-bond acceptors (Lipinski definition) is 11. The number of nitrogens with one attached hydrogen (secondary N) is 1. The average Bonchev–Trinajstić information content (AvgIpc) is 3.64. The molecule has 14 heteroatoms. The van der Waals surface area contributed by atoms with Crippen LogP contribution in [-0.4, -0.2) is 98.9 Å². The number of piperazine rings is 1. The standard InChI is InChI=1S/C40H44Br2ClN7O4/c41-32-21-27(25-51)22-33(42)38(32)53-20-19-52-18-4-15-48-14-3-7-30(48)26-54-40-46-35-24-49(36-9-2-6-28-5-1-8-34(43)37(28)36)16-11-31(35)39(47-40)50-17-13-45-29(23-50)10-12-44/h1-2,5-6,8-9,21-22,25,29-30,45H,3-4,7,10-11,13-20,23-24,26H2/t29-,30-/m0/s1. The van der Waals surface area contributed by atoms with Crippen LogP contribution >= 0.6 is 43.5 Å². The molecule has 3 aromatic carbocycles. The summed E-state index contributed by atoms with van der Waals surface area (Å²) in [5.41, 5.74) is 3.81. The van der Waals surface area contributed by atoms with Crippen molar-refractivity contribution in [2.45, 2.75) is 50.7 Å². The third-order valence-corrected chi connectivity index (χ3v) is 11.8. The highest BCUT2D eigenvalue weighted by molar-refractivity contribution is 9.11. The molecule has 3 aliphatic rings. The van der Waals surface area contributed by atoms with Crippen molar-refractivity contribution in [3.05, 3.63) is 79.3 Å². The van der Waals surface area contributed by atoms with E-state index in [1.165, 1.54) is 0 Å². The van der Waals surface area contributed by atoms with Crippen LogP contribution in [0.2, 0.25) is 5.02 Å². The highest BCUT2D eigenvalue weighted by atomic mass is 79.9. The van der Waals surface area contributed by atoms with Gasteiger partial charge in [0.15, 0.2) is 0 Å². The molecule has 1 N–H and O–H groups in total. The minimum Gasteiger partial charge on any atom is -0.489 e. The summed E-state index contributed by atoms with van der Waals surface area (Å²) < 4.78 is 19.7. The molecule has 0 aliphatic carbocycles. The Hall–Kier alpha value is -3.51. The number of carbonyl (C=O) groups excluding carboxylic acids is 1. The third-order valence-electron chi connectivity index (χ3n) is 10.4. The van der Waals surface area contributed by atoms with Crippen molar-refractivity contribution in [3.63, 3.8) is 0 Å². The maximum Gasteiger partial charge on any atom is 0.318 e. The Morgan fingerprint density at radius 2 is 1.85 bits per heavy atom. The minimum absolute atomic E-state index is 0.0890. The summed E-state index contributed by atoms with van der Waals surface area (Å²) in [5.74, 6) is 1.58. The van der Waals surface area contributed by atoms with E-state index in [9.17, 15) is 10.1 Å². The number of aromatic nitrogens is 2. The molecule has 4 aromatic rings. The number of benzene rings is 3. The Morgan fingerprint density at radius 1 is 1.02 bits per heavy atom. The topological polar surface area (TPSA) is 116 Å². The largest absolute Gasteiger partial charge is 0.489 e. The molecule has 2 saturated heterocycles. The molecular formula is C40H44Br2ClN7O4. The normalized spacial score (nSPS) is 18.8. The molecule has 0 amide bonds. The molecule has 1 aromatic heterocycles. The molecule has 54 heavy (non-hydrogen) atoms.